The number of allylic oxidation sites excluding steroid dienone is 1. The van der Waals surface area contributed by atoms with E-state index in [2.05, 4.69) is 26.3 Å². The van der Waals surface area contributed by atoms with E-state index in [1.54, 1.807) is 5.57 Å². The van der Waals surface area contributed by atoms with Gasteiger partial charge in [0.1, 0.15) is 0 Å². The molecule has 7 atom stereocenters. The van der Waals surface area contributed by atoms with Crippen molar-refractivity contribution in [1.29, 1.82) is 0 Å². The van der Waals surface area contributed by atoms with Gasteiger partial charge < -0.3 is 11.5 Å². The number of hydrogen-bond acceptors (Lipinski definition) is 1. The molecule has 0 aromatic heterocycles. The summed E-state index contributed by atoms with van der Waals surface area (Å²) < 4.78 is 0. The number of rotatable bonds is 6. The van der Waals surface area contributed by atoms with Gasteiger partial charge in [-0.15, -0.1) is 0 Å². The molecule has 0 amide bonds. The molecule has 5 rings (SSSR count). The van der Waals surface area contributed by atoms with Crippen LogP contribution in [0, 0.1) is 46.8 Å². The summed E-state index contributed by atoms with van der Waals surface area (Å²) in [5.74, 6) is 4.78. The van der Waals surface area contributed by atoms with Crippen LogP contribution in [0.25, 0.3) is 0 Å². The molecule has 1 nitrogen and oxygen atoms in total. The summed E-state index contributed by atoms with van der Waals surface area (Å²) >= 11 is 0. The average molecular weight is 517 g/mol. The first-order valence-corrected chi connectivity index (χ1v) is 12.7. The molecule has 0 spiro atoms. The van der Waals surface area contributed by atoms with Gasteiger partial charge in [0.05, 0.1) is 6.10 Å². The molecule has 5 aliphatic carbocycles. The van der Waals surface area contributed by atoms with Crippen molar-refractivity contribution in [2.24, 2.45) is 40.4 Å². The maximum absolute atomic E-state index is 10.2. The second kappa shape index (κ2) is 9.55. The zero-order valence-electron chi connectivity index (χ0n) is 19.5. The van der Waals surface area contributed by atoms with Gasteiger partial charge in [-0.3, -0.25) is 0 Å². The molecule has 0 bridgehead atoms. The van der Waals surface area contributed by atoms with Gasteiger partial charge in [-0.05, 0) is 85.9 Å². The fourth-order valence-corrected chi connectivity index (χ4v) is 8.45. The molecular weight excluding hydrogens is 473 g/mol. The minimum absolute atomic E-state index is 0. The molecule has 6 unspecified atom stereocenters. The van der Waals surface area contributed by atoms with Gasteiger partial charge in [-0.2, -0.15) is 12.3 Å². The minimum atomic E-state index is -0.0715. The molecule has 5 aliphatic rings. The molecule has 0 heterocycles. The molecule has 0 aromatic rings. The number of unbranched alkanes of at least 4 members (excludes halogenated alkanes) is 2. The standard InChI is InChI=1S/C27H43O.Cs/c1-26-17-15-25-23(12-10-21-18-22(28)14-16-27(21,25)2)24(26)13-11-20(26)7-5-3-4-6-19-8-9-19;/h6,10,19-20,22-25,28H,3-5,7-9,11-18H2,1-2H3;/q-1;+1/t20-,22?,23?,24?,25?,26?,27?;/m0./s1. The smallest absolute Gasteiger partial charge is 0.393 e. The molecule has 4 fully saturated rings. The number of aliphatic hydroxyl groups is 1. The first-order valence-electron chi connectivity index (χ1n) is 12.7. The van der Waals surface area contributed by atoms with Crippen molar-refractivity contribution in [2.75, 3.05) is 0 Å². The van der Waals surface area contributed by atoms with Crippen LogP contribution in [-0.2, 0) is 0 Å². The molecule has 2 heteroatoms. The zero-order chi connectivity index (χ0) is 19.4. The molecule has 158 valence electrons. The van der Waals surface area contributed by atoms with E-state index in [1.165, 1.54) is 77.0 Å². The first-order chi connectivity index (χ1) is 13.5. The van der Waals surface area contributed by atoms with E-state index in [9.17, 15) is 5.11 Å². The van der Waals surface area contributed by atoms with Gasteiger partial charge in [0.15, 0.2) is 0 Å². The molecule has 4 saturated carbocycles. The van der Waals surface area contributed by atoms with Crippen molar-refractivity contribution in [3.05, 3.63) is 18.1 Å². The van der Waals surface area contributed by atoms with Crippen LogP contribution in [0.4, 0.5) is 0 Å². The monoisotopic (exact) mass is 516 g/mol. The van der Waals surface area contributed by atoms with Gasteiger partial charge >= 0.3 is 68.9 Å². The third-order valence-corrected chi connectivity index (χ3v) is 10.4. The zero-order valence-corrected chi connectivity index (χ0v) is 25.7. The largest absolute Gasteiger partial charge is 1.00 e. The fourth-order valence-electron chi connectivity index (χ4n) is 8.45. The van der Waals surface area contributed by atoms with Crippen LogP contribution in [0.3, 0.4) is 0 Å². The van der Waals surface area contributed by atoms with Crippen LogP contribution in [-0.4, -0.2) is 11.2 Å². The van der Waals surface area contributed by atoms with E-state index >= 15 is 0 Å². The van der Waals surface area contributed by atoms with Crippen molar-refractivity contribution < 1.29 is 74.0 Å². The first kappa shape index (κ1) is 23.9. The summed E-state index contributed by atoms with van der Waals surface area (Å²) in [5.41, 5.74) is 2.65. The van der Waals surface area contributed by atoms with E-state index < -0.39 is 0 Å². The van der Waals surface area contributed by atoms with Gasteiger partial charge in [0, 0.05) is 0 Å². The summed E-state index contributed by atoms with van der Waals surface area (Å²) in [4.78, 5) is 0. The third kappa shape index (κ3) is 4.58. The van der Waals surface area contributed by atoms with Crippen molar-refractivity contribution in [2.45, 2.75) is 110 Å². The second-order valence-electron chi connectivity index (χ2n) is 11.8. The summed E-state index contributed by atoms with van der Waals surface area (Å²) in [6, 6.07) is 0. The molecule has 0 aromatic carbocycles. The summed E-state index contributed by atoms with van der Waals surface area (Å²) in [6.45, 7) is 5.25. The Morgan fingerprint density at radius 2 is 1.83 bits per heavy atom. The Bertz CT molecular complexity index is 610. The van der Waals surface area contributed by atoms with Crippen LogP contribution >= 0.6 is 0 Å². The van der Waals surface area contributed by atoms with Crippen molar-refractivity contribution in [3.63, 3.8) is 0 Å². The fraction of sp³-hybridized carbons (Fsp3) is 0.889. The molecule has 0 radical (unpaired) electrons. The normalized spacial score (nSPS) is 46.2. The van der Waals surface area contributed by atoms with Crippen LogP contribution < -0.4 is 68.9 Å². The Labute approximate surface area is 239 Å². The Hall–Kier alpha value is 1.75. The van der Waals surface area contributed by atoms with E-state index in [1.807, 2.05) is 0 Å². The number of aliphatic hydroxyl groups excluding tert-OH is 1. The molecule has 29 heavy (non-hydrogen) atoms. The van der Waals surface area contributed by atoms with E-state index in [0.29, 0.717) is 10.8 Å². The maximum atomic E-state index is 10.2. The van der Waals surface area contributed by atoms with Gasteiger partial charge in [-0.1, -0.05) is 57.6 Å². The predicted octanol–water partition coefficient (Wildman–Crippen LogP) is 4.10. The molecular formula is C27H43CsO. The van der Waals surface area contributed by atoms with Gasteiger partial charge in [-0.25, -0.2) is 0 Å². The summed E-state index contributed by atoms with van der Waals surface area (Å²) in [6.07, 6.45) is 24.3. The van der Waals surface area contributed by atoms with E-state index in [4.69, 9.17) is 0 Å². The SMILES string of the molecule is CC12CCC(O)CC1=CCC1C2CCC2(C)C1CC[C@@H]2CCCC[CH-]C1CC1.[Cs+]. The Balaban J connectivity index is 0.00000205. The van der Waals surface area contributed by atoms with Crippen LogP contribution in [0.1, 0.15) is 104 Å². The van der Waals surface area contributed by atoms with Gasteiger partial charge in [0.25, 0.3) is 0 Å². The topological polar surface area (TPSA) is 20.2 Å². The quantitative estimate of drug-likeness (QED) is 0.320. The maximum Gasteiger partial charge on any atom is 1.00 e. The minimum Gasteiger partial charge on any atom is -0.393 e. The molecule has 0 saturated heterocycles. The number of fused-ring (bicyclic) bond motifs is 5. The van der Waals surface area contributed by atoms with Crippen molar-refractivity contribution >= 4 is 0 Å². The number of hydrogen-bond donors (Lipinski definition) is 1. The average Bonchev–Trinajstić information content (AvgIpc) is 3.44. The molecule has 0 aliphatic heterocycles. The van der Waals surface area contributed by atoms with Crippen molar-refractivity contribution in [3.8, 4) is 0 Å². The van der Waals surface area contributed by atoms with Gasteiger partial charge in [0.2, 0.25) is 0 Å². The Morgan fingerprint density at radius 1 is 1.00 bits per heavy atom. The summed E-state index contributed by atoms with van der Waals surface area (Å²) in [7, 11) is 0. The second-order valence-corrected chi connectivity index (χ2v) is 11.8. The van der Waals surface area contributed by atoms with Crippen LogP contribution in [0.5, 0.6) is 0 Å². The summed E-state index contributed by atoms with van der Waals surface area (Å²) in [5, 5.41) is 10.2. The molecule has 1 N–H and O–H groups in total. The third-order valence-electron chi connectivity index (χ3n) is 10.4. The van der Waals surface area contributed by atoms with E-state index in [0.717, 1.165) is 42.4 Å². The van der Waals surface area contributed by atoms with Crippen LogP contribution in [0.15, 0.2) is 11.6 Å². The van der Waals surface area contributed by atoms with Crippen LogP contribution in [0.2, 0.25) is 0 Å². The Morgan fingerprint density at radius 3 is 2.62 bits per heavy atom. The van der Waals surface area contributed by atoms with E-state index in [-0.39, 0.29) is 75.0 Å². The predicted molar refractivity (Wildman–Crippen MR) is 117 cm³/mol. The Kier molecular flexibility index (Phi) is 7.87. The van der Waals surface area contributed by atoms with Crippen molar-refractivity contribution in [1.82, 2.24) is 0 Å².